The number of benzene rings is 2. The zero-order valence-corrected chi connectivity index (χ0v) is 22.2. The second-order valence-electron chi connectivity index (χ2n) is 10.4. The molecule has 0 radical (unpaired) electrons. The molecule has 2 aromatic carbocycles. The first-order valence-corrected chi connectivity index (χ1v) is 13.2. The third kappa shape index (κ3) is 5.11. The summed E-state index contributed by atoms with van der Waals surface area (Å²) in [6.07, 6.45) is 4.14. The molecule has 0 aliphatic heterocycles. The second kappa shape index (κ2) is 10.0. The highest BCUT2D eigenvalue weighted by Gasteiger charge is 2.30. The van der Waals surface area contributed by atoms with Crippen LogP contribution in [0.3, 0.4) is 0 Å². The first-order chi connectivity index (χ1) is 17.7. The van der Waals surface area contributed by atoms with Crippen molar-refractivity contribution in [1.82, 2.24) is 15.0 Å². The minimum absolute atomic E-state index is 0.129. The molecule has 7 heteroatoms. The van der Waals surface area contributed by atoms with Crippen molar-refractivity contribution in [3.8, 4) is 22.5 Å². The molecule has 0 amide bonds. The first kappa shape index (κ1) is 25.0. The topological polar surface area (TPSA) is 117 Å². The van der Waals surface area contributed by atoms with Gasteiger partial charge >= 0.3 is 0 Å². The Morgan fingerprint density at radius 2 is 1.59 bits per heavy atom. The van der Waals surface area contributed by atoms with Gasteiger partial charge in [0.2, 0.25) is 0 Å². The number of fused-ring (bicyclic) bond motifs is 1. The molecular weight excluding hydrogens is 476 g/mol. The first-order valence-electron chi connectivity index (χ1n) is 12.4. The highest BCUT2D eigenvalue weighted by atomic mass is 32.1. The predicted molar refractivity (Wildman–Crippen MR) is 154 cm³/mol. The molecule has 0 aliphatic carbocycles. The fourth-order valence-corrected chi connectivity index (χ4v) is 5.92. The van der Waals surface area contributed by atoms with Gasteiger partial charge in [0, 0.05) is 40.1 Å². The summed E-state index contributed by atoms with van der Waals surface area (Å²) in [5.74, 6) is 0.607. The number of hydrogen-bond acceptors (Lipinski definition) is 7. The normalized spacial score (nSPS) is 13.5. The molecule has 0 saturated carbocycles. The molecule has 188 valence electrons. The largest absolute Gasteiger partial charge is 0.399 e. The number of anilines is 1. The molecule has 2 unspecified atom stereocenters. The Hall–Kier alpha value is -3.65. The molecule has 0 saturated heterocycles. The fraction of sp³-hybridized carbons (Fsp3) is 0.233. The summed E-state index contributed by atoms with van der Waals surface area (Å²) < 4.78 is 0.969. The van der Waals surface area contributed by atoms with E-state index in [0.29, 0.717) is 17.9 Å². The van der Waals surface area contributed by atoms with Gasteiger partial charge in [-0.3, -0.25) is 4.98 Å². The van der Waals surface area contributed by atoms with E-state index in [9.17, 15) is 0 Å². The van der Waals surface area contributed by atoms with Crippen LogP contribution in [0.4, 0.5) is 5.69 Å². The van der Waals surface area contributed by atoms with Gasteiger partial charge in [0.1, 0.15) is 0 Å². The molecule has 0 fully saturated rings. The third-order valence-electron chi connectivity index (χ3n) is 6.45. The molecule has 0 spiro atoms. The molecule has 3 heterocycles. The van der Waals surface area contributed by atoms with Crippen LogP contribution in [-0.2, 0) is 11.8 Å². The summed E-state index contributed by atoms with van der Waals surface area (Å²) in [6.45, 7) is 6.64. The molecule has 5 aromatic rings. The molecule has 3 aromatic heterocycles. The zero-order chi connectivity index (χ0) is 26.2. The zero-order valence-electron chi connectivity index (χ0n) is 21.3. The number of hydrogen-bond donors (Lipinski definition) is 3. The Bertz CT molecular complexity index is 1520. The number of nitrogens with two attached hydrogens (primary N) is 3. The van der Waals surface area contributed by atoms with Gasteiger partial charge in [0.15, 0.2) is 5.82 Å². The minimum atomic E-state index is -0.480. The van der Waals surface area contributed by atoms with E-state index in [2.05, 4.69) is 44.0 Å². The van der Waals surface area contributed by atoms with Gasteiger partial charge in [-0.1, -0.05) is 63.2 Å². The number of rotatable bonds is 6. The number of nitrogens with zero attached hydrogens (tertiary/aromatic N) is 3. The van der Waals surface area contributed by atoms with Gasteiger partial charge in [0.25, 0.3) is 0 Å². The van der Waals surface area contributed by atoms with E-state index < -0.39 is 6.04 Å². The van der Waals surface area contributed by atoms with E-state index in [1.807, 2.05) is 48.5 Å². The maximum atomic E-state index is 6.89. The lowest BCUT2D eigenvalue weighted by atomic mass is 9.88. The molecule has 2 atom stereocenters. The van der Waals surface area contributed by atoms with Gasteiger partial charge < -0.3 is 17.2 Å². The van der Waals surface area contributed by atoms with Gasteiger partial charge in [-0.05, 0) is 47.2 Å². The van der Waals surface area contributed by atoms with Gasteiger partial charge in [0.05, 0.1) is 22.0 Å². The van der Waals surface area contributed by atoms with Crippen molar-refractivity contribution in [2.75, 3.05) is 5.73 Å². The van der Waals surface area contributed by atoms with E-state index in [0.717, 1.165) is 38.2 Å². The average molecular weight is 509 g/mol. The van der Waals surface area contributed by atoms with Crippen LogP contribution in [0, 0.1) is 0 Å². The van der Waals surface area contributed by atoms with Crippen LogP contribution in [0.25, 0.3) is 32.7 Å². The number of thiophene rings is 1. The molecule has 0 aliphatic rings. The summed E-state index contributed by atoms with van der Waals surface area (Å²) in [6, 6.07) is 21.2. The van der Waals surface area contributed by atoms with Crippen LogP contribution in [0.1, 0.15) is 42.9 Å². The molecule has 0 bridgehead atoms. The van der Waals surface area contributed by atoms with Crippen molar-refractivity contribution in [3.63, 3.8) is 0 Å². The summed E-state index contributed by atoms with van der Waals surface area (Å²) in [7, 11) is 0. The minimum Gasteiger partial charge on any atom is -0.399 e. The molecular formula is C30H32N6S. The standard InChI is InChI=1S/C30H32N6S/c1-30(2,3)28-23(20-10-7-11-21(31)17-20)25-27(37-28)26(36-29(35-25)19-12-14-34-15-13-19)24(33)22(32)16-18-8-5-4-6-9-18/h4-15,17,22,24H,16,31-33H2,1-3H3. The third-order valence-corrected chi connectivity index (χ3v) is 8.07. The Morgan fingerprint density at radius 3 is 2.27 bits per heavy atom. The van der Waals surface area contributed by atoms with Crippen LogP contribution >= 0.6 is 11.3 Å². The van der Waals surface area contributed by atoms with E-state index in [1.165, 1.54) is 4.88 Å². The van der Waals surface area contributed by atoms with Gasteiger partial charge in [-0.15, -0.1) is 11.3 Å². The summed E-state index contributed by atoms with van der Waals surface area (Å²) in [5.41, 5.74) is 26.2. The van der Waals surface area contributed by atoms with Gasteiger partial charge in [-0.2, -0.15) is 0 Å². The van der Waals surface area contributed by atoms with Crippen molar-refractivity contribution < 1.29 is 0 Å². The summed E-state index contributed by atoms with van der Waals surface area (Å²) >= 11 is 1.70. The quantitative estimate of drug-likeness (QED) is 0.247. The highest BCUT2D eigenvalue weighted by molar-refractivity contribution is 7.20. The SMILES string of the molecule is CC(C)(C)c1sc2c(C(N)C(N)Cc3ccccc3)nc(-c3ccncc3)nc2c1-c1cccc(N)c1. The second-order valence-corrected chi connectivity index (χ2v) is 11.4. The maximum Gasteiger partial charge on any atom is 0.160 e. The highest BCUT2D eigenvalue weighted by Crippen LogP contribution is 2.46. The predicted octanol–water partition coefficient (Wildman–Crippen LogP) is 5.87. The summed E-state index contributed by atoms with van der Waals surface area (Å²) in [5, 5.41) is 0. The van der Waals surface area contributed by atoms with Crippen molar-refractivity contribution in [1.29, 1.82) is 0 Å². The molecule has 6 N–H and O–H groups in total. The van der Waals surface area contributed by atoms with Crippen LogP contribution in [0.15, 0.2) is 79.1 Å². The average Bonchev–Trinajstić information content (AvgIpc) is 3.29. The summed E-state index contributed by atoms with van der Waals surface area (Å²) in [4.78, 5) is 15.5. The van der Waals surface area contributed by atoms with Crippen molar-refractivity contribution in [2.45, 2.75) is 44.7 Å². The van der Waals surface area contributed by atoms with E-state index in [-0.39, 0.29) is 11.5 Å². The van der Waals surface area contributed by atoms with Crippen molar-refractivity contribution in [3.05, 3.63) is 95.3 Å². The molecule has 37 heavy (non-hydrogen) atoms. The molecule has 6 nitrogen and oxygen atoms in total. The Labute approximate surface area is 221 Å². The number of nitrogen functional groups attached to an aromatic ring is 1. The van der Waals surface area contributed by atoms with E-state index >= 15 is 0 Å². The number of pyridine rings is 1. The fourth-order valence-electron chi connectivity index (χ4n) is 4.56. The lowest BCUT2D eigenvalue weighted by Crippen LogP contribution is -2.36. The Kier molecular flexibility index (Phi) is 6.77. The lowest BCUT2D eigenvalue weighted by Gasteiger charge is -2.21. The lowest BCUT2D eigenvalue weighted by molar-refractivity contribution is 0.537. The van der Waals surface area contributed by atoms with Crippen LogP contribution < -0.4 is 17.2 Å². The van der Waals surface area contributed by atoms with Crippen LogP contribution in [-0.4, -0.2) is 21.0 Å². The van der Waals surface area contributed by atoms with Crippen molar-refractivity contribution >= 4 is 27.2 Å². The number of aromatic nitrogens is 3. The molecule has 5 rings (SSSR count). The van der Waals surface area contributed by atoms with E-state index in [4.69, 9.17) is 27.2 Å². The smallest absolute Gasteiger partial charge is 0.160 e. The van der Waals surface area contributed by atoms with Gasteiger partial charge in [-0.25, -0.2) is 9.97 Å². The Morgan fingerprint density at radius 1 is 0.865 bits per heavy atom. The monoisotopic (exact) mass is 508 g/mol. The Balaban J connectivity index is 1.76. The van der Waals surface area contributed by atoms with Crippen LogP contribution in [0.2, 0.25) is 0 Å². The van der Waals surface area contributed by atoms with E-state index in [1.54, 1.807) is 23.7 Å². The van der Waals surface area contributed by atoms with Crippen LogP contribution in [0.5, 0.6) is 0 Å². The van der Waals surface area contributed by atoms with Crippen molar-refractivity contribution in [2.24, 2.45) is 11.5 Å². The maximum absolute atomic E-state index is 6.89.